The summed E-state index contributed by atoms with van der Waals surface area (Å²) in [5.41, 5.74) is 6.28. The van der Waals surface area contributed by atoms with Gasteiger partial charge in [0.2, 0.25) is 0 Å². The zero-order valence-corrected chi connectivity index (χ0v) is 8.03. The molecule has 0 fully saturated rings. The van der Waals surface area contributed by atoms with Crippen molar-refractivity contribution in [2.75, 3.05) is 11.9 Å². The van der Waals surface area contributed by atoms with Crippen LogP contribution >= 0.6 is 0 Å². The predicted molar refractivity (Wildman–Crippen MR) is 55.1 cm³/mol. The molecule has 1 amide bonds. The molecule has 1 rings (SSSR count). The smallest absolute Gasteiger partial charge is 0.250 e. The molecular weight excluding hydrogens is 180 g/mol. The molecule has 14 heavy (non-hydrogen) atoms. The van der Waals surface area contributed by atoms with Crippen molar-refractivity contribution in [1.29, 1.82) is 0 Å². The normalized spacial score (nSPS) is 12.1. The van der Waals surface area contributed by atoms with Gasteiger partial charge in [-0.05, 0) is 19.1 Å². The minimum atomic E-state index is -0.474. The molecule has 1 aromatic rings. The van der Waals surface area contributed by atoms with Crippen LogP contribution in [0.2, 0.25) is 0 Å². The Kier molecular flexibility index (Phi) is 3.48. The first-order valence-electron chi connectivity index (χ1n) is 4.41. The number of hydrogen-bond acceptors (Lipinski definition) is 3. The van der Waals surface area contributed by atoms with Crippen molar-refractivity contribution in [2.45, 2.75) is 13.0 Å². The van der Waals surface area contributed by atoms with Gasteiger partial charge in [-0.2, -0.15) is 0 Å². The first-order valence-corrected chi connectivity index (χ1v) is 4.41. The van der Waals surface area contributed by atoms with E-state index in [4.69, 9.17) is 10.8 Å². The SMILES string of the molecule is CC(CO)Nc1ccccc1C(N)=O. The molecule has 0 saturated carbocycles. The predicted octanol–water partition coefficient (Wildman–Crippen LogP) is 0.578. The van der Waals surface area contributed by atoms with Crippen molar-refractivity contribution in [3.8, 4) is 0 Å². The lowest BCUT2D eigenvalue weighted by atomic mass is 10.1. The minimum Gasteiger partial charge on any atom is -0.394 e. The summed E-state index contributed by atoms with van der Waals surface area (Å²) >= 11 is 0. The van der Waals surface area contributed by atoms with E-state index >= 15 is 0 Å². The monoisotopic (exact) mass is 194 g/mol. The second kappa shape index (κ2) is 4.62. The lowest BCUT2D eigenvalue weighted by Gasteiger charge is -2.14. The lowest BCUT2D eigenvalue weighted by Crippen LogP contribution is -2.22. The standard InChI is InChI=1S/C10H14N2O2/c1-7(6-13)12-9-5-3-2-4-8(9)10(11)14/h2-5,7,12-13H,6H2,1H3,(H2,11,14). The number of primary amides is 1. The maximum absolute atomic E-state index is 11.0. The Hall–Kier alpha value is -1.55. The molecule has 0 heterocycles. The highest BCUT2D eigenvalue weighted by Crippen LogP contribution is 2.14. The fraction of sp³-hybridized carbons (Fsp3) is 0.300. The van der Waals surface area contributed by atoms with Crippen molar-refractivity contribution >= 4 is 11.6 Å². The summed E-state index contributed by atoms with van der Waals surface area (Å²) in [5, 5.41) is 11.8. The van der Waals surface area contributed by atoms with Crippen LogP contribution in [-0.2, 0) is 0 Å². The molecule has 0 aromatic heterocycles. The van der Waals surface area contributed by atoms with Gasteiger partial charge in [-0.25, -0.2) is 0 Å². The maximum Gasteiger partial charge on any atom is 0.250 e. The third kappa shape index (κ3) is 2.47. The van der Waals surface area contributed by atoms with Crippen LogP contribution in [0, 0.1) is 0 Å². The Labute approximate surface area is 82.7 Å². The lowest BCUT2D eigenvalue weighted by molar-refractivity contribution is 0.100. The van der Waals surface area contributed by atoms with E-state index in [0.717, 1.165) is 0 Å². The van der Waals surface area contributed by atoms with Gasteiger partial charge in [0.15, 0.2) is 0 Å². The van der Waals surface area contributed by atoms with E-state index in [9.17, 15) is 4.79 Å². The summed E-state index contributed by atoms with van der Waals surface area (Å²) in [5.74, 6) is -0.474. The largest absolute Gasteiger partial charge is 0.394 e. The van der Waals surface area contributed by atoms with E-state index in [0.29, 0.717) is 11.3 Å². The van der Waals surface area contributed by atoms with Crippen molar-refractivity contribution in [3.63, 3.8) is 0 Å². The number of nitrogens with two attached hydrogens (primary N) is 1. The molecule has 0 aliphatic heterocycles. The van der Waals surface area contributed by atoms with Gasteiger partial charge >= 0.3 is 0 Å². The zero-order valence-electron chi connectivity index (χ0n) is 8.03. The van der Waals surface area contributed by atoms with Gasteiger partial charge in [-0.3, -0.25) is 4.79 Å². The topological polar surface area (TPSA) is 75.3 Å². The van der Waals surface area contributed by atoms with Crippen LogP contribution in [0.1, 0.15) is 17.3 Å². The highest BCUT2D eigenvalue weighted by atomic mass is 16.3. The second-order valence-electron chi connectivity index (χ2n) is 3.14. The van der Waals surface area contributed by atoms with Gasteiger partial charge in [0.25, 0.3) is 5.91 Å². The van der Waals surface area contributed by atoms with Crippen LogP contribution in [0.5, 0.6) is 0 Å². The minimum absolute atomic E-state index is 0.00704. The number of aliphatic hydroxyl groups is 1. The number of hydrogen-bond donors (Lipinski definition) is 3. The Bertz CT molecular complexity index is 326. The van der Waals surface area contributed by atoms with Crippen LogP contribution in [-0.4, -0.2) is 23.7 Å². The van der Waals surface area contributed by atoms with Gasteiger partial charge < -0.3 is 16.2 Å². The molecule has 4 nitrogen and oxygen atoms in total. The Morgan fingerprint density at radius 3 is 2.79 bits per heavy atom. The van der Waals surface area contributed by atoms with Crippen LogP contribution < -0.4 is 11.1 Å². The first-order chi connectivity index (χ1) is 6.65. The van der Waals surface area contributed by atoms with Crippen molar-refractivity contribution in [3.05, 3.63) is 29.8 Å². The summed E-state index contributed by atoms with van der Waals surface area (Å²) in [4.78, 5) is 11.0. The van der Waals surface area contributed by atoms with E-state index in [1.807, 2.05) is 6.92 Å². The molecule has 1 aromatic carbocycles. The van der Waals surface area contributed by atoms with E-state index in [1.54, 1.807) is 24.3 Å². The average molecular weight is 194 g/mol. The third-order valence-corrected chi connectivity index (χ3v) is 1.87. The van der Waals surface area contributed by atoms with Crippen LogP contribution in [0.25, 0.3) is 0 Å². The number of rotatable bonds is 4. The summed E-state index contributed by atoms with van der Waals surface area (Å²) in [6.07, 6.45) is 0. The molecule has 1 atom stereocenters. The number of carbonyl (C=O) groups is 1. The molecule has 0 spiro atoms. The Morgan fingerprint density at radius 2 is 2.21 bits per heavy atom. The quantitative estimate of drug-likeness (QED) is 0.656. The van der Waals surface area contributed by atoms with Gasteiger partial charge in [0.05, 0.1) is 12.2 Å². The summed E-state index contributed by atoms with van der Waals surface area (Å²) in [6, 6.07) is 6.85. The molecule has 4 N–H and O–H groups in total. The molecule has 0 aliphatic rings. The van der Waals surface area contributed by atoms with Crippen LogP contribution in [0.15, 0.2) is 24.3 Å². The summed E-state index contributed by atoms with van der Waals surface area (Å²) < 4.78 is 0. The summed E-state index contributed by atoms with van der Waals surface area (Å²) in [7, 11) is 0. The fourth-order valence-electron chi connectivity index (χ4n) is 1.13. The average Bonchev–Trinajstić information content (AvgIpc) is 2.18. The molecule has 4 heteroatoms. The van der Waals surface area contributed by atoms with Crippen molar-refractivity contribution < 1.29 is 9.90 Å². The number of carbonyl (C=O) groups excluding carboxylic acids is 1. The Morgan fingerprint density at radius 1 is 1.57 bits per heavy atom. The molecule has 0 aliphatic carbocycles. The first kappa shape index (κ1) is 10.5. The highest BCUT2D eigenvalue weighted by Gasteiger charge is 2.08. The number of aliphatic hydroxyl groups excluding tert-OH is 1. The van der Waals surface area contributed by atoms with E-state index in [2.05, 4.69) is 5.32 Å². The fourth-order valence-corrected chi connectivity index (χ4v) is 1.13. The highest BCUT2D eigenvalue weighted by molar-refractivity contribution is 5.98. The molecular formula is C10H14N2O2. The van der Waals surface area contributed by atoms with Crippen LogP contribution in [0.4, 0.5) is 5.69 Å². The van der Waals surface area contributed by atoms with Gasteiger partial charge in [0, 0.05) is 11.7 Å². The molecule has 0 bridgehead atoms. The van der Waals surface area contributed by atoms with Gasteiger partial charge in [-0.15, -0.1) is 0 Å². The third-order valence-electron chi connectivity index (χ3n) is 1.87. The zero-order chi connectivity index (χ0) is 10.6. The molecule has 0 radical (unpaired) electrons. The molecule has 1 unspecified atom stereocenters. The van der Waals surface area contributed by atoms with Gasteiger partial charge in [-0.1, -0.05) is 12.1 Å². The maximum atomic E-state index is 11.0. The van der Waals surface area contributed by atoms with Crippen molar-refractivity contribution in [2.24, 2.45) is 5.73 Å². The number of para-hydroxylation sites is 1. The summed E-state index contributed by atoms with van der Waals surface area (Å²) in [6.45, 7) is 1.82. The number of anilines is 1. The van der Waals surface area contributed by atoms with E-state index < -0.39 is 5.91 Å². The van der Waals surface area contributed by atoms with Crippen molar-refractivity contribution in [1.82, 2.24) is 0 Å². The molecule has 0 saturated heterocycles. The second-order valence-corrected chi connectivity index (χ2v) is 3.14. The molecule has 76 valence electrons. The number of benzene rings is 1. The van der Waals surface area contributed by atoms with Crippen LogP contribution in [0.3, 0.4) is 0 Å². The Balaban J connectivity index is 2.90. The number of nitrogens with one attached hydrogen (secondary N) is 1. The van der Waals surface area contributed by atoms with E-state index in [1.165, 1.54) is 0 Å². The van der Waals surface area contributed by atoms with Gasteiger partial charge in [0.1, 0.15) is 0 Å². The number of amides is 1. The van der Waals surface area contributed by atoms with E-state index in [-0.39, 0.29) is 12.6 Å².